The molecular formula is C26H31N3O4S. The van der Waals surface area contributed by atoms with Crippen LogP contribution in [-0.4, -0.2) is 40.0 Å². The first-order valence-electron chi connectivity index (χ1n) is 11.7. The van der Waals surface area contributed by atoms with Gasteiger partial charge in [-0.05, 0) is 81.7 Å². The molecule has 1 fully saturated rings. The van der Waals surface area contributed by atoms with Crippen molar-refractivity contribution in [1.29, 1.82) is 0 Å². The van der Waals surface area contributed by atoms with Crippen LogP contribution in [0.15, 0.2) is 41.8 Å². The van der Waals surface area contributed by atoms with Crippen LogP contribution < -0.4 is 10.2 Å². The minimum absolute atomic E-state index is 0.0620. The van der Waals surface area contributed by atoms with Crippen LogP contribution >= 0.6 is 11.3 Å². The molecule has 7 nitrogen and oxygen atoms in total. The molecule has 2 N–H and O–H groups in total. The lowest BCUT2D eigenvalue weighted by Crippen LogP contribution is -2.43. The number of fused-ring (bicyclic) bond motifs is 1. The number of carboxylic acids is 1. The van der Waals surface area contributed by atoms with Gasteiger partial charge in [0.25, 0.3) is 5.91 Å². The molecule has 3 aromatic rings. The molecule has 0 spiro atoms. The fourth-order valence-corrected chi connectivity index (χ4v) is 5.55. The molecule has 2 heterocycles. The van der Waals surface area contributed by atoms with Gasteiger partial charge in [-0.3, -0.25) is 14.4 Å². The second kappa shape index (κ2) is 9.62. The van der Waals surface area contributed by atoms with Crippen LogP contribution in [0.2, 0.25) is 0 Å². The summed E-state index contributed by atoms with van der Waals surface area (Å²) in [6, 6.07) is 11.5. The molecule has 180 valence electrons. The van der Waals surface area contributed by atoms with E-state index in [9.17, 15) is 19.5 Å². The normalized spacial score (nSPS) is 20.3. The van der Waals surface area contributed by atoms with Crippen LogP contribution in [0.1, 0.15) is 55.6 Å². The molecule has 1 saturated carbocycles. The number of carbonyl (C=O) groups is 3. The van der Waals surface area contributed by atoms with Crippen LogP contribution in [0.25, 0.3) is 10.2 Å². The van der Waals surface area contributed by atoms with Gasteiger partial charge in [0.2, 0.25) is 5.91 Å². The summed E-state index contributed by atoms with van der Waals surface area (Å²) >= 11 is 1.54. The minimum Gasteiger partial charge on any atom is -0.481 e. The van der Waals surface area contributed by atoms with E-state index < -0.39 is 11.4 Å². The molecule has 0 unspecified atom stereocenters. The van der Waals surface area contributed by atoms with Gasteiger partial charge in [-0.1, -0.05) is 12.1 Å². The molecular weight excluding hydrogens is 450 g/mol. The van der Waals surface area contributed by atoms with E-state index >= 15 is 0 Å². The van der Waals surface area contributed by atoms with Gasteiger partial charge < -0.3 is 19.9 Å². The number of aryl methyl sites for hydroxylation is 1. The number of nitrogens with one attached hydrogen (secondary N) is 1. The Morgan fingerprint density at radius 3 is 2.59 bits per heavy atom. The Balaban J connectivity index is 1.53. The number of amides is 2. The number of likely N-dealkylation sites (N-methyl/N-ethyl adjacent to an activating group) is 1. The summed E-state index contributed by atoms with van der Waals surface area (Å²) in [5.41, 5.74) is 2.52. The molecule has 0 radical (unpaired) electrons. The van der Waals surface area contributed by atoms with E-state index in [0.717, 1.165) is 21.5 Å². The Morgan fingerprint density at radius 1 is 1.21 bits per heavy atom. The van der Waals surface area contributed by atoms with Gasteiger partial charge in [0.05, 0.1) is 15.6 Å². The van der Waals surface area contributed by atoms with E-state index in [1.54, 1.807) is 16.4 Å². The average molecular weight is 482 g/mol. The standard InChI is InChI=1S/C26H31N3O4S/c1-4-28(19-7-5-6-17(2)14-19)23(30)16-29-20-10-13-34-22(20)15-21(29)24(31)27-18-8-11-26(3,12-9-18)25(32)33/h5-7,10,13-15,18H,4,8-9,11-12,16H2,1-3H3,(H,27,31)(H,32,33)/t18-,26-. The third-order valence-electron chi connectivity index (χ3n) is 6.92. The number of hydrogen-bond acceptors (Lipinski definition) is 4. The predicted molar refractivity (Wildman–Crippen MR) is 134 cm³/mol. The summed E-state index contributed by atoms with van der Waals surface area (Å²) in [6.45, 7) is 6.30. The molecule has 0 bridgehead atoms. The van der Waals surface area contributed by atoms with Crippen molar-refractivity contribution < 1.29 is 19.5 Å². The molecule has 0 atom stereocenters. The fraction of sp³-hybridized carbons (Fsp3) is 0.423. The molecule has 1 aliphatic carbocycles. The van der Waals surface area contributed by atoms with Gasteiger partial charge >= 0.3 is 5.97 Å². The number of anilines is 1. The van der Waals surface area contributed by atoms with Crippen LogP contribution in [-0.2, 0) is 16.1 Å². The SMILES string of the molecule is CCN(C(=O)Cn1c(C(=O)N[C@H]2CC[C@](C)(C(=O)O)CC2)cc2sccc21)c1cccc(C)c1. The quantitative estimate of drug-likeness (QED) is 0.506. The van der Waals surface area contributed by atoms with E-state index in [4.69, 9.17) is 0 Å². The van der Waals surface area contributed by atoms with Crippen molar-refractivity contribution in [3.63, 3.8) is 0 Å². The maximum atomic E-state index is 13.3. The summed E-state index contributed by atoms with van der Waals surface area (Å²) in [5.74, 6) is -1.08. The van der Waals surface area contributed by atoms with Crippen molar-refractivity contribution in [2.24, 2.45) is 5.41 Å². The van der Waals surface area contributed by atoms with Crippen molar-refractivity contribution in [2.45, 2.75) is 59.0 Å². The van der Waals surface area contributed by atoms with Gasteiger partial charge in [-0.2, -0.15) is 0 Å². The molecule has 1 aliphatic rings. The smallest absolute Gasteiger partial charge is 0.309 e. The Bertz CT molecular complexity index is 1220. The number of hydrogen-bond donors (Lipinski definition) is 2. The summed E-state index contributed by atoms with van der Waals surface area (Å²) in [7, 11) is 0. The second-order valence-corrected chi connectivity index (χ2v) is 10.3. The lowest BCUT2D eigenvalue weighted by Gasteiger charge is -2.34. The van der Waals surface area contributed by atoms with Gasteiger partial charge in [0.1, 0.15) is 12.2 Å². The minimum atomic E-state index is -0.779. The second-order valence-electron chi connectivity index (χ2n) is 9.38. The van der Waals surface area contributed by atoms with Crippen molar-refractivity contribution in [3.05, 3.63) is 53.0 Å². The zero-order valence-corrected chi connectivity index (χ0v) is 20.7. The largest absolute Gasteiger partial charge is 0.481 e. The molecule has 4 rings (SSSR count). The van der Waals surface area contributed by atoms with Crippen LogP contribution in [0.4, 0.5) is 5.69 Å². The average Bonchev–Trinajstić information content (AvgIpc) is 3.39. The summed E-state index contributed by atoms with van der Waals surface area (Å²) in [4.78, 5) is 39.9. The fourth-order valence-electron chi connectivity index (χ4n) is 4.73. The number of carboxylic acid groups (broad SMARTS) is 1. The van der Waals surface area contributed by atoms with Crippen molar-refractivity contribution >= 4 is 45.0 Å². The van der Waals surface area contributed by atoms with E-state index in [1.165, 1.54) is 11.3 Å². The van der Waals surface area contributed by atoms with Crippen LogP contribution in [0.5, 0.6) is 0 Å². The van der Waals surface area contributed by atoms with Crippen molar-refractivity contribution in [3.8, 4) is 0 Å². The van der Waals surface area contributed by atoms with E-state index in [0.29, 0.717) is 37.9 Å². The topological polar surface area (TPSA) is 91.6 Å². The third kappa shape index (κ3) is 4.73. The first-order valence-corrected chi connectivity index (χ1v) is 12.6. The number of benzene rings is 1. The summed E-state index contributed by atoms with van der Waals surface area (Å²) in [5, 5.41) is 14.5. The summed E-state index contributed by atoms with van der Waals surface area (Å²) in [6.07, 6.45) is 2.31. The first kappa shape index (κ1) is 24.0. The molecule has 1 aromatic carbocycles. The molecule has 8 heteroatoms. The zero-order chi connectivity index (χ0) is 24.5. The first-order chi connectivity index (χ1) is 16.2. The Labute approximate surface area is 203 Å². The third-order valence-corrected chi connectivity index (χ3v) is 7.77. The van der Waals surface area contributed by atoms with Gasteiger partial charge in [0, 0.05) is 18.3 Å². The highest BCUT2D eigenvalue weighted by Crippen LogP contribution is 2.36. The van der Waals surface area contributed by atoms with Crippen LogP contribution in [0, 0.1) is 12.3 Å². The van der Waals surface area contributed by atoms with E-state index in [2.05, 4.69) is 5.32 Å². The molecule has 2 aromatic heterocycles. The molecule has 0 saturated heterocycles. The maximum Gasteiger partial charge on any atom is 0.309 e. The highest BCUT2D eigenvalue weighted by molar-refractivity contribution is 7.17. The van der Waals surface area contributed by atoms with Crippen LogP contribution in [0.3, 0.4) is 0 Å². The Kier molecular flexibility index (Phi) is 6.79. The number of nitrogens with zero attached hydrogens (tertiary/aromatic N) is 2. The van der Waals surface area contributed by atoms with Gasteiger partial charge in [-0.15, -0.1) is 11.3 Å². The zero-order valence-electron chi connectivity index (χ0n) is 19.8. The Morgan fingerprint density at radius 2 is 1.94 bits per heavy atom. The number of aliphatic carboxylic acids is 1. The number of aromatic nitrogens is 1. The lowest BCUT2D eigenvalue weighted by atomic mass is 9.74. The Hall–Kier alpha value is -3.13. The number of rotatable bonds is 7. The maximum absolute atomic E-state index is 13.3. The number of thiophene rings is 1. The molecule has 34 heavy (non-hydrogen) atoms. The predicted octanol–water partition coefficient (Wildman–Crippen LogP) is 4.83. The highest BCUT2D eigenvalue weighted by atomic mass is 32.1. The van der Waals surface area contributed by atoms with E-state index in [1.807, 2.05) is 55.6 Å². The monoisotopic (exact) mass is 481 g/mol. The highest BCUT2D eigenvalue weighted by Gasteiger charge is 2.38. The van der Waals surface area contributed by atoms with Gasteiger partial charge in [0.15, 0.2) is 0 Å². The molecule has 2 amide bonds. The summed E-state index contributed by atoms with van der Waals surface area (Å²) < 4.78 is 2.75. The van der Waals surface area contributed by atoms with Gasteiger partial charge in [-0.25, -0.2) is 0 Å². The van der Waals surface area contributed by atoms with Crippen molar-refractivity contribution in [1.82, 2.24) is 9.88 Å². The lowest BCUT2D eigenvalue weighted by molar-refractivity contribution is -0.150. The van der Waals surface area contributed by atoms with E-state index in [-0.39, 0.29) is 24.4 Å². The molecule has 0 aliphatic heterocycles. The number of carbonyl (C=O) groups excluding carboxylic acids is 2. The van der Waals surface area contributed by atoms with Crippen molar-refractivity contribution in [2.75, 3.05) is 11.4 Å².